The Balaban J connectivity index is 1.95. The van der Waals surface area contributed by atoms with E-state index < -0.39 is 10.0 Å². The number of halogens is 1. The summed E-state index contributed by atoms with van der Waals surface area (Å²) in [5, 5.41) is 0. The fourth-order valence-electron chi connectivity index (χ4n) is 2.58. The summed E-state index contributed by atoms with van der Waals surface area (Å²) in [6.45, 7) is 2.29. The average molecular weight is 382 g/mol. The van der Waals surface area contributed by atoms with Crippen LogP contribution >= 0.6 is 15.9 Å². The number of ether oxygens (including phenoxy) is 1. The monoisotopic (exact) mass is 381 g/mol. The van der Waals surface area contributed by atoms with E-state index in [4.69, 9.17) is 4.74 Å². The highest BCUT2D eigenvalue weighted by atomic mass is 79.9. The number of rotatable bonds is 3. The molecule has 0 fully saturated rings. The molecule has 1 heterocycles. The van der Waals surface area contributed by atoms with Crippen LogP contribution in [0.5, 0.6) is 5.75 Å². The van der Waals surface area contributed by atoms with Gasteiger partial charge in [0.15, 0.2) is 0 Å². The van der Waals surface area contributed by atoms with Crippen molar-refractivity contribution < 1.29 is 13.2 Å². The van der Waals surface area contributed by atoms with Gasteiger partial charge in [-0.25, -0.2) is 13.1 Å². The lowest BCUT2D eigenvalue weighted by Gasteiger charge is -2.26. The first kappa shape index (κ1) is 15.5. The highest BCUT2D eigenvalue weighted by Crippen LogP contribution is 2.33. The standard InChI is InChI=1S/C16H16BrNO3S/c1-11-6-7-12(17)10-16(11)22(19,20)18-14-8-9-21-15-5-3-2-4-13(14)15/h2-7,10,14,18H,8-9H2,1H3/t14-/m1/s1. The number of benzene rings is 2. The Labute approximate surface area is 138 Å². The van der Waals surface area contributed by atoms with E-state index in [9.17, 15) is 8.42 Å². The first-order valence-electron chi connectivity index (χ1n) is 6.97. The van der Waals surface area contributed by atoms with Crippen LogP contribution in [-0.4, -0.2) is 15.0 Å². The van der Waals surface area contributed by atoms with Crippen molar-refractivity contribution in [3.63, 3.8) is 0 Å². The Kier molecular flexibility index (Phi) is 4.25. The van der Waals surface area contributed by atoms with Crippen LogP contribution in [0.3, 0.4) is 0 Å². The zero-order valence-electron chi connectivity index (χ0n) is 12.0. The van der Waals surface area contributed by atoms with Gasteiger partial charge < -0.3 is 4.74 Å². The second kappa shape index (κ2) is 6.02. The SMILES string of the molecule is Cc1ccc(Br)cc1S(=O)(=O)N[C@@H]1CCOc2ccccc21. The fraction of sp³-hybridized carbons (Fsp3) is 0.250. The summed E-state index contributed by atoms with van der Waals surface area (Å²) in [6, 6.07) is 12.5. The van der Waals surface area contributed by atoms with Crippen LogP contribution in [0.15, 0.2) is 51.8 Å². The summed E-state index contributed by atoms with van der Waals surface area (Å²) in [7, 11) is -3.59. The number of hydrogen-bond acceptors (Lipinski definition) is 3. The van der Waals surface area contributed by atoms with Crippen molar-refractivity contribution in [3.05, 3.63) is 58.1 Å². The third-order valence-electron chi connectivity index (χ3n) is 3.70. The molecule has 1 N–H and O–H groups in total. The Morgan fingerprint density at radius 3 is 2.82 bits per heavy atom. The van der Waals surface area contributed by atoms with Gasteiger partial charge in [0.05, 0.1) is 17.5 Å². The molecule has 4 nitrogen and oxygen atoms in total. The minimum atomic E-state index is -3.59. The van der Waals surface area contributed by atoms with Crippen LogP contribution < -0.4 is 9.46 Å². The topological polar surface area (TPSA) is 55.4 Å². The van der Waals surface area contributed by atoms with Crippen LogP contribution in [0, 0.1) is 6.92 Å². The molecule has 0 spiro atoms. The smallest absolute Gasteiger partial charge is 0.241 e. The van der Waals surface area contributed by atoms with Crippen molar-refractivity contribution in [3.8, 4) is 5.75 Å². The predicted octanol–water partition coefficient (Wildman–Crippen LogP) is 3.56. The molecular formula is C16H16BrNO3S. The molecule has 1 atom stereocenters. The van der Waals surface area contributed by atoms with Crippen LogP contribution in [-0.2, 0) is 10.0 Å². The molecule has 0 unspecified atom stereocenters. The van der Waals surface area contributed by atoms with Crippen LogP contribution in [0.2, 0.25) is 0 Å². The van der Waals surface area contributed by atoms with Crippen molar-refractivity contribution in [2.75, 3.05) is 6.61 Å². The minimum Gasteiger partial charge on any atom is -0.493 e. The summed E-state index contributed by atoms with van der Waals surface area (Å²) < 4.78 is 34.5. The maximum Gasteiger partial charge on any atom is 0.241 e. The second-order valence-corrected chi connectivity index (χ2v) is 7.86. The van der Waals surface area contributed by atoms with Gasteiger partial charge in [0, 0.05) is 16.5 Å². The van der Waals surface area contributed by atoms with E-state index in [0.717, 1.165) is 21.3 Å². The zero-order valence-corrected chi connectivity index (χ0v) is 14.4. The lowest BCUT2D eigenvalue weighted by molar-refractivity contribution is 0.263. The van der Waals surface area contributed by atoms with Gasteiger partial charge in [-0.1, -0.05) is 40.2 Å². The largest absolute Gasteiger partial charge is 0.493 e. The molecule has 2 aromatic carbocycles. The maximum absolute atomic E-state index is 12.7. The molecule has 1 aliphatic heterocycles. The van der Waals surface area contributed by atoms with Gasteiger partial charge in [0.1, 0.15) is 5.75 Å². The highest BCUT2D eigenvalue weighted by molar-refractivity contribution is 9.10. The molecule has 0 saturated heterocycles. The second-order valence-electron chi connectivity index (χ2n) is 5.26. The molecular weight excluding hydrogens is 366 g/mol. The first-order chi connectivity index (χ1) is 10.5. The highest BCUT2D eigenvalue weighted by Gasteiger charge is 2.27. The Hall–Kier alpha value is -1.37. The molecule has 0 aliphatic carbocycles. The molecule has 22 heavy (non-hydrogen) atoms. The van der Waals surface area contributed by atoms with Crippen molar-refractivity contribution in [1.29, 1.82) is 0 Å². The summed E-state index contributed by atoms with van der Waals surface area (Å²) >= 11 is 3.33. The number of nitrogens with one attached hydrogen (secondary N) is 1. The van der Waals surface area contributed by atoms with E-state index in [1.54, 1.807) is 19.1 Å². The number of aryl methyl sites for hydroxylation is 1. The molecule has 116 valence electrons. The van der Waals surface area contributed by atoms with Gasteiger partial charge >= 0.3 is 0 Å². The molecule has 1 aliphatic rings. The quantitative estimate of drug-likeness (QED) is 0.883. The van der Waals surface area contributed by atoms with Crippen LogP contribution in [0.1, 0.15) is 23.6 Å². The van der Waals surface area contributed by atoms with Crippen molar-refractivity contribution in [2.45, 2.75) is 24.3 Å². The lowest BCUT2D eigenvalue weighted by Crippen LogP contribution is -2.32. The van der Waals surface area contributed by atoms with Gasteiger partial charge in [-0.2, -0.15) is 0 Å². The summed E-state index contributed by atoms with van der Waals surface area (Å²) in [5.74, 6) is 0.743. The molecule has 0 radical (unpaired) electrons. The summed E-state index contributed by atoms with van der Waals surface area (Å²) in [5.41, 5.74) is 1.60. The summed E-state index contributed by atoms with van der Waals surface area (Å²) in [4.78, 5) is 0.297. The molecule has 6 heteroatoms. The van der Waals surface area contributed by atoms with E-state index in [1.807, 2.05) is 30.3 Å². The van der Waals surface area contributed by atoms with E-state index in [1.165, 1.54) is 0 Å². The van der Waals surface area contributed by atoms with E-state index in [2.05, 4.69) is 20.7 Å². The summed E-state index contributed by atoms with van der Waals surface area (Å²) in [6.07, 6.45) is 0.614. The molecule has 0 bridgehead atoms. The molecule has 0 aromatic heterocycles. The minimum absolute atomic E-state index is 0.270. The molecule has 3 rings (SSSR count). The van der Waals surface area contributed by atoms with E-state index in [0.29, 0.717) is 17.9 Å². The molecule has 0 amide bonds. The Morgan fingerprint density at radius 1 is 1.23 bits per heavy atom. The van der Waals surface area contributed by atoms with Crippen molar-refractivity contribution in [1.82, 2.24) is 4.72 Å². The van der Waals surface area contributed by atoms with Crippen molar-refractivity contribution >= 4 is 26.0 Å². The van der Waals surface area contributed by atoms with Gasteiger partial charge in [-0.15, -0.1) is 0 Å². The fourth-order valence-corrected chi connectivity index (χ4v) is 4.61. The van der Waals surface area contributed by atoms with Crippen LogP contribution in [0.4, 0.5) is 0 Å². The number of hydrogen-bond donors (Lipinski definition) is 1. The molecule has 0 saturated carbocycles. The third-order valence-corrected chi connectivity index (χ3v) is 5.80. The van der Waals surface area contributed by atoms with E-state index >= 15 is 0 Å². The van der Waals surface area contributed by atoms with Crippen LogP contribution in [0.25, 0.3) is 0 Å². The van der Waals surface area contributed by atoms with Gasteiger partial charge in [-0.3, -0.25) is 0 Å². The number of sulfonamides is 1. The first-order valence-corrected chi connectivity index (χ1v) is 9.25. The van der Waals surface area contributed by atoms with Gasteiger partial charge in [0.25, 0.3) is 0 Å². The normalized spacial score (nSPS) is 17.6. The van der Waals surface area contributed by atoms with Gasteiger partial charge in [0.2, 0.25) is 10.0 Å². The van der Waals surface area contributed by atoms with Gasteiger partial charge in [-0.05, 0) is 30.7 Å². The lowest BCUT2D eigenvalue weighted by atomic mass is 10.0. The average Bonchev–Trinajstić information content (AvgIpc) is 2.50. The Morgan fingerprint density at radius 2 is 2.00 bits per heavy atom. The number of fused-ring (bicyclic) bond motifs is 1. The third kappa shape index (κ3) is 3.04. The Bertz CT molecular complexity index is 805. The molecule has 2 aromatic rings. The van der Waals surface area contributed by atoms with Crippen molar-refractivity contribution in [2.24, 2.45) is 0 Å². The maximum atomic E-state index is 12.7. The zero-order chi connectivity index (χ0) is 15.7. The van der Waals surface area contributed by atoms with E-state index in [-0.39, 0.29) is 6.04 Å². The predicted molar refractivity (Wildman–Crippen MR) is 88.5 cm³/mol. The number of para-hydroxylation sites is 1.